The van der Waals surface area contributed by atoms with E-state index >= 15 is 0 Å². The van der Waals surface area contributed by atoms with Crippen molar-refractivity contribution in [3.05, 3.63) is 29.2 Å². The summed E-state index contributed by atoms with van der Waals surface area (Å²) in [7, 11) is 0. The molecule has 2 fully saturated rings. The van der Waals surface area contributed by atoms with Gasteiger partial charge in [-0.05, 0) is 37.7 Å². The van der Waals surface area contributed by atoms with Gasteiger partial charge in [0.25, 0.3) is 0 Å². The highest BCUT2D eigenvalue weighted by Gasteiger charge is 2.37. The molecule has 27 heavy (non-hydrogen) atoms. The molecule has 0 radical (unpaired) electrons. The molecular weight excluding hydrogens is 357 g/mol. The molecule has 0 aromatic carbocycles. The highest BCUT2D eigenvalue weighted by Crippen LogP contribution is 2.35. The Balaban J connectivity index is 1.61. The van der Waals surface area contributed by atoms with Crippen LogP contribution in [0.3, 0.4) is 0 Å². The van der Waals surface area contributed by atoms with Crippen molar-refractivity contribution in [1.82, 2.24) is 19.5 Å². The summed E-state index contributed by atoms with van der Waals surface area (Å²) in [5.74, 6) is 0.375. The summed E-state index contributed by atoms with van der Waals surface area (Å²) in [6.07, 6.45) is -1.08. The van der Waals surface area contributed by atoms with E-state index in [4.69, 9.17) is 0 Å². The van der Waals surface area contributed by atoms with Gasteiger partial charge in [-0.3, -0.25) is 4.79 Å². The number of nitrogens with zero attached hydrogens (tertiary/aromatic N) is 4. The number of hydrogen-bond acceptors (Lipinski definition) is 3. The van der Waals surface area contributed by atoms with E-state index < -0.39 is 11.9 Å². The molecule has 146 valence electrons. The van der Waals surface area contributed by atoms with E-state index in [0.717, 1.165) is 36.3 Å². The maximum Gasteiger partial charge on any atom is 0.433 e. The van der Waals surface area contributed by atoms with Crippen LogP contribution in [-0.2, 0) is 11.0 Å². The zero-order valence-corrected chi connectivity index (χ0v) is 15.5. The molecule has 1 saturated heterocycles. The average Bonchev–Trinajstić information content (AvgIpc) is 3.38. The molecular formula is C19H23F3N4O. The van der Waals surface area contributed by atoms with Gasteiger partial charge in [-0.2, -0.15) is 18.3 Å². The molecule has 8 heteroatoms. The van der Waals surface area contributed by atoms with E-state index in [1.54, 1.807) is 6.07 Å². The summed E-state index contributed by atoms with van der Waals surface area (Å²) in [4.78, 5) is 18.4. The van der Waals surface area contributed by atoms with Gasteiger partial charge in [-0.15, -0.1) is 0 Å². The SMILES string of the molecule is CC(C)c1cc(C(F)(F)F)n2nc(C3CCN(C(=O)C4CC4)CC3)cc2n1. The van der Waals surface area contributed by atoms with E-state index in [9.17, 15) is 18.0 Å². The van der Waals surface area contributed by atoms with Crippen LogP contribution < -0.4 is 0 Å². The first-order valence-electron chi connectivity index (χ1n) is 9.50. The van der Waals surface area contributed by atoms with Crippen molar-refractivity contribution in [2.24, 2.45) is 5.92 Å². The second-order valence-electron chi connectivity index (χ2n) is 7.93. The standard InChI is InChI=1S/C19H23F3N4O/c1-11(2)14-9-16(19(20,21)22)26-17(23-14)10-15(24-26)12-5-7-25(8-6-12)18(27)13-3-4-13/h9-13H,3-8H2,1-2H3. The quantitative estimate of drug-likeness (QED) is 0.809. The third-order valence-corrected chi connectivity index (χ3v) is 5.50. The first-order chi connectivity index (χ1) is 12.7. The summed E-state index contributed by atoms with van der Waals surface area (Å²) in [6.45, 7) is 4.93. The monoisotopic (exact) mass is 380 g/mol. The fourth-order valence-corrected chi connectivity index (χ4v) is 3.69. The molecule has 2 aromatic rings. The Labute approximate surface area is 155 Å². The van der Waals surface area contributed by atoms with Crippen molar-refractivity contribution in [3.8, 4) is 0 Å². The van der Waals surface area contributed by atoms with Gasteiger partial charge in [0, 0.05) is 36.7 Å². The molecule has 0 atom stereocenters. The predicted molar refractivity (Wildman–Crippen MR) is 93.4 cm³/mol. The summed E-state index contributed by atoms with van der Waals surface area (Å²) in [5.41, 5.74) is 0.488. The van der Waals surface area contributed by atoms with Crippen molar-refractivity contribution >= 4 is 11.6 Å². The van der Waals surface area contributed by atoms with Crippen molar-refractivity contribution in [2.45, 2.75) is 57.5 Å². The Morgan fingerprint density at radius 1 is 1.15 bits per heavy atom. The minimum absolute atomic E-state index is 0.0542. The van der Waals surface area contributed by atoms with Gasteiger partial charge in [-0.25, -0.2) is 9.50 Å². The van der Waals surface area contributed by atoms with E-state index in [0.29, 0.717) is 24.5 Å². The van der Waals surface area contributed by atoms with Crippen molar-refractivity contribution in [2.75, 3.05) is 13.1 Å². The van der Waals surface area contributed by atoms with Gasteiger partial charge >= 0.3 is 6.18 Å². The zero-order valence-electron chi connectivity index (χ0n) is 15.5. The van der Waals surface area contributed by atoms with Crippen molar-refractivity contribution in [3.63, 3.8) is 0 Å². The number of aromatic nitrogens is 3. The summed E-state index contributed by atoms with van der Waals surface area (Å²) < 4.78 is 41.4. The molecule has 4 rings (SSSR count). The minimum atomic E-state index is -4.49. The van der Waals surface area contributed by atoms with Crippen LogP contribution in [0, 0.1) is 5.92 Å². The summed E-state index contributed by atoms with van der Waals surface area (Å²) >= 11 is 0. The van der Waals surface area contributed by atoms with Crippen LogP contribution in [0.4, 0.5) is 13.2 Å². The van der Waals surface area contributed by atoms with Gasteiger partial charge in [0.05, 0.1) is 5.69 Å². The molecule has 1 aliphatic heterocycles. The van der Waals surface area contributed by atoms with Crippen molar-refractivity contribution in [1.29, 1.82) is 0 Å². The Hall–Kier alpha value is -2.12. The predicted octanol–water partition coefficient (Wildman–Crippen LogP) is 3.99. The number of piperidine rings is 1. The van der Waals surface area contributed by atoms with Gasteiger partial charge in [0.15, 0.2) is 5.65 Å². The van der Waals surface area contributed by atoms with Gasteiger partial charge < -0.3 is 4.90 Å². The largest absolute Gasteiger partial charge is 0.433 e. The van der Waals surface area contributed by atoms with Gasteiger partial charge in [0.2, 0.25) is 5.91 Å². The normalized spacial score (nSPS) is 19.3. The number of carbonyl (C=O) groups is 1. The molecule has 1 amide bonds. The lowest BCUT2D eigenvalue weighted by Gasteiger charge is -2.31. The van der Waals surface area contributed by atoms with Crippen LogP contribution in [0.15, 0.2) is 12.1 Å². The fourth-order valence-electron chi connectivity index (χ4n) is 3.69. The highest BCUT2D eigenvalue weighted by atomic mass is 19.4. The second kappa shape index (κ2) is 6.49. The molecule has 0 N–H and O–H groups in total. The van der Waals surface area contributed by atoms with Crippen LogP contribution in [0.25, 0.3) is 5.65 Å². The van der Waals surface area contributed by atoms with E-state index in [2.05, 4.69) is 10.1 Å². The highest BCUT2D eigenvalue weighted by molar-refractivity contribution is 5.81. The molecule has 1 saturated carbocycles. The Morgan fingerprint density at radius 2 is 1.81 bits per heavy atom. The molecule has 2 aromatic heterocycles. The van der Waals surface area contributed by atoms with Crippen LogP contribution in [-0.4, -0.2) is 38.5 Å². The molecule has 5 nitrogen and oxygen atoms in total. The molecule has 2 aliphatic rings. The smallest absolute Gasteiger partial charge is 0.342 e. The maximum atomic E-state index is 13.5. The third kappa shape index (κ3) is 3.53. The number of rotatable bonds is 3. The van der Waals surface area contributed by atoms with Crippen LogP contribution in [0.5, 0.6) is 0 Å². The second-order valence-corrected chi connectivity index (χ2v) is 7.93. The first kappa shape index (κ1) is 18.3. The number of hydrogen-bond donors (Lipinski definition) is 0. The minimum Gasteiger partial charge on any atom is -0.342 e. The lowest BCUT2D eigenvalue weighted by molar-refractivity contribution is -0.142. The topological polar surface area (TPSA) is 50.5 Å². The summed E-state index contributed by atoms with van der Waals surface area (Å²) in [6, 6.07) is 2.76. The van der Waals surface area contributed by atoms with E-state index in [-0.39, 0.29) is 29.3 Å². The molecule has 1 aliphatic carbocycles. The number of amides is 1. The van der Waals surface area contributed by atoms with E-state index in [1.807, 2.05) is 18.7 Å². The van der Waals surface area contributed by atoms with Crippen LogP contribution in [0.1, 0.15) is 68.4 Å². The zero-order chi connectivity index (χ0) is 19.3. The number of carbonyl (C=O) groups excluding carboxylic acids is 1. The number of halogens is 3. The van der Waals surface area contributed by atoms with E-state index in [1.165, 1.54) is 0 Å². The molecule has 3 heterocycles. The Morgan fingerprint density at radius 3 is 2.37 bits per heavy atom. The fraction of sp³-hybridized carbons (Fsp3) is 0.632. The van der Waals surface area contributed by atoms with Crippen LogP contribution >= 0.6 is 0 Å². The summed E-state index contributed by atoms with van der Waals surface area (Å²) in [5, 5.41) is 4.25. The Kier molecular flexibility index (Phi) is 4.39. The maximum absolute atomic E-state index is 13.5. The molecule has 0 spiro atoms. The molecule has 0 unspecified atom stereocenters. The lowest BCUT2D eigenvalue weighted by atomic mass is 9.93. The third-order valence-electron chi connectivity index (χ3n) is 5.50. The number of fused-ring (bicyclic) bond motifs is 1. The number of alkyl halides is 3. The lowest BCUT2D eigenvalue weighted by Crippen LogP contribution is -2.38. The van der Waals surface area contributed by atoms with Gasteiger partial charge in [0.1, 0.15) is 5.69 Å². The average molecular weight is 380 g/mol. The van der Waals surface area contributed by atoms with Crippen LogP contribution in [0.2, 0.25) is 0 Å². The number of likely N-dealkylation sites (tertiary alicyclic amines) is 1. The molecule has 0 bridgehead atoms. The Bertz CT molecular complexity index is 862. The van der Waals surface area contributed by atoms with Crippen molar-refractivity contribution < 1.29 is 18.0 Å². The first-order valence-corrected chi connectivity index (χ1v) is 9.50. The van der Waals surface area contributed by atoms with Gasteiger partial charge in [-0.1, -0.05) is 13.8 Å².